The van der Waals surface area contributed by atoms with Gasteiger partial charge in [0.25, 0.3) is 0 Å². The fourth-order valence-corrected chi connectivity index (χ4v) is 4.29. The number of hydrogen-bond acceptors (Lipinski definition) is 3. The lowest BCUT2D eigenvalue weighted by Crippen LogP contribution is -2.37. The molecule has 0 unspecified atom stereocenters. The van der Waals surface area contributed by atoms with E-state index in [2.05, 4.69) is 48.9 Å². The first-order valence-corrected chi connectivity index (χ1v) is 11.0. The first-order valence-electron chi connectivity index (χ1n) is 5.67. The van der Waals surface area contributed by atoms with E-state index in [0.29, 0.717) is 0 Å². The number of aromatic nitrogens is 1. The summed E-state index contributed by atoms with van der Waals surface area (Å²) in [7, 11) is -1.15. The fourth-order valence-electron chi connectivity index (χ4n) is 1.53. The lowest BCUT2D eigenvalue weighted by atomic mass is 10.2. The summed E-state index contributed by atoms with van der Waals surface area (Å²) in [5.41, 5.74) is 1.38. The largest absolute Gasteiger partial charge is 0.238 e. The zero-order valence-electron chi connectivity index (χ0n) is 10.4. The Morgan fingerprint density at radius 2 is 1.88 bits per heavy atom. The van der Waals surface area contributed by atoms with Gasteiger partial charge in [0.1, 0.15) is 4.34 Å². The van der Waals surface area contributed by atoms with E-state index in [-0.39, 0.29) is 0 Å². The Hall–Kier alpha value is -0.583. The number of benzene rings is 1. The third-order valence-electron chi connectivity index (χ3n) is 2.59. The van der Waals surface area contributed by atoms with Crippen LogP contribution in [0.2, 0.25) is 19.6 Å². The fraction of sp³-hybridized carbons (Fsp3) is 0.308. The number of hydrogen-bond donors (Lipinski definition) is 0. The smallest absolute Gasteiger partial charge is 0.150 e. The highest BCUT2D eigenvalue weighted by Gasteiger charge is 2.15. The maximum absolute atomic E-state index is 4.28. The van der Waals surface area contributed by atoms with Crippen molar-refractivity contribution >= 4 is 36.4 Å². The average molecular weight is 280 g/mol. The molecular weight excluding hydrogens is 262 g/mol. The predicted octanol–water partition coefficient (Wildman–Crippen LogP) is 3.98. The summed E-state index contributed by atoms with van der Waals surface area (Å²) in [6.07, 6.45) is 1.86. The van der Waals surface area contributed by atoms with Gasteiger partial charge in [-0.3, -0.25) is 0 Å². The summed E-state index contributed by atoms with van der Waals surface area (Å²) in [5.74, 6) is 1.01. The monoisotopic (exact) mass is 279 g/mol. The molecule has 0 saturated heterocycles. The SMILES string of the molecule is C[Si](C)(C)c1ccc(CSc2nccs2)cc1. The Labute approximate surface area is 112 Å². The first kappa shape index (κ1) is 12.9. The van der Waals surface area contributed by atoms with Crippen LogP contribution in [0.4, 0.5) is 0 Å². The number of nitrogens with zero attached hydrogens (tertiary/aromatic N) is 1. The number of thioether (sulfide) groups is 1. The van der Waals surface area contributed by atoms with Gasteiger partial charge in [-0.05, 0) is 5.56 Å². The second kappa shape index (κ2) is 5.37. The molecule has 17 heavy (non-hydrogen) atoms. The molecule has 0 amide bonds. The Bertz CT molecular complexity index is 457. The van der Waals surface area contributed by atoms with Crippen LogP contribution in [0, 0.1) is 0 Å². The molecule has 2 rings (SSSR count). The van der Waals surface area contributed by atoms with Gasteiger partial charge in [0, 0.05) is 17.3 Å². The molecule has 0 spiro atoms. The Morgan fingerprint density at radius 3 is 2.41 bits per heavy atom. The van der Waals surface area contributed by atoms with Crippen LogP contribution in [-0.2, 0) is 5.75 Å². The molecule has 0 N–H and O–H groups in total. The maximum Gasteiger partial charge on any atom is 0.150 e. The van der Waals surface area contributed by atoms with Crippen LogP contribution in [0.15, 0.2) is 40.2 Å². The summed E-state index contributed by atoms with van der Waals surface area (Å²) < 4.78 is 1.15. The van der Waals surface area contributed by atoms with Gasteiger partial charge in [-0.25, -0.2) is 4.98 Å². The van der Waals surface area contributed by atoms with E-state index in [0.717, 1.165) is 10.1 Å². The van der Waals surface area contributed by atoms with E-state index in [1.54, 1.807) is 11.3 Å². The maximum atomic E-state index is 4.28. The second-order valence-electron chi connectivity index (χ2n) is 5.03. The van der Waals surface area contributed by atoms with Crippen LogP contribution in [0.5, 0.6) is 0 Å². The van der Waals surface area contributed by atoms with Gasteiger partial charge in [0.05, 0.1) is 8.07 Å². The van der Waals surface area contributed by atoms with Crippen LogP contribution in [-0.4, -0.2) is 13.1 Å². The molecule has 2 aromatic rings. The van der Waals surface area contributed by atoms with Gasteiger partial charge >= 0.3 is 0 Å². The second-order valence-corrected chi connectivity index (χ2v) is 12.2. The molecule has 1 heterocycles. The number of thiazole rings is 1. The van der Waals surface area contributed by atoms with Crippen molar-refractivity contribution in [2.45, 2.75) is 29.7 Å². The molecule has 1 nitrogen and oxygen atoms in total. The van der Waals surface area contributed by atoms with Gasteiger partial charge in [0.2, 0.25) is 0 Å². The third kappa shape index (κ3) is 3.69. The summed E-state index contributed by atoms with van der Waals surface area (Å²) in [5, 5.41) is 3.55. The van der Waals surface area contributed by atoms with E-state index in [1.165, 1.54) is 10.8 Å². The van der Waals surface area contributed by atoms with E-state index in [1.807, 2.05) is 23.3 Å². The lowest BCUT2D eigenvalue weighted by molar-refractivity contribution is 1.24. The van der Waals surface area contributed by atoms with Crippen molar-refractivity contribution in [2.75, 3.05) is 0 Å². The topological polar surface area (TPSA) is 12.9 Å². The molecule has 90 valence electrons. The van der Waals surface area contributed by atoms with E-state index >= 15 is 0 Å². The summed E-state index contributed by atoms with van der Waals surface area (Å²) >= 11 is 3.52. The molecule has 0 aliphatic rings. The highest BCUT2D eigenvalue weighted by Crippen LogP contribution is 2.24. The van der Waals surface area contributed by atoms with Crippen molar-refractivity contribution in [2.24, 2.45) is 0 Å². The van der Waals surface area contributed by atoms with Gasteiger partial charge < -0.3 is 0 Å². The van der Waals surface area contributed by atoms with Crippen molar-refractivity contribution in [1.82, 2.24) is 4.98 Å². The van der Waals surface area contributed by atoms with Crippen LogP contribution in [0.1, 0.15) is 5.56 Å². The van der Waals surface area contributed by atoms with E-state index in [4.69, 9.17) is 0 Å². The minimum Gasteiger partial charge on any atom is -0.238 e. The standard InChI is InChI=1S/C13H17NS2Si/c1-17(2,3)12-6-4-11(5-7-12)10-16-13-14-8-9-15-13/h4-9H,10H2,1-3H3. The molecular formula is C13H17NS2Si. The number of rotatable bonds is 4. The van der Waals surface area contributed by atoms with Crippen LogP contribution in [0.3, 0.4) is 0 Å². The van der Waals surface area contributed by atoms with Crippen LogP contribution in [0.25, 0.3) is 0 Å². The van der Waals surface area contributed by atoms with Crippen LogP contribution >= 0.6 is 23.1 Å². The molecule has 0 aliphatic carbocycles. The van der Waals surface area contributed by atoms with Crippen molar-refractivity contribution in [3.8, 4) is 0 Å². The van der Waals surface area contributed by atoms with E-state index < -0.39 is 8.07 Å². The highest BCUT2D eigenvalue weighted by atomic mass is 32.2. The summed E-state index contributed by atoms with van der Waals surface area (Å²) in [6, 6.07) is 9.11. The van der Waals surface area contributed by atoms with Crippen LogP contribution < -0.4 is 5.19 Å². The molecule has 1 aromatic heterocycles. The zero-order chi connectivity index (χ0) is 12.3. The predicted molar refractivity (Wildman–Crippen MR) is 81.1 cm³/mol. The van der Waals surface area contributed by atoms with Crippen molar-refractivity contribution in [3.63, 3.8) is 0 Å². The third-order valence-corrected chi connectivity index (χ3v) is 6.69. The molecule has 0 saturated carbocycles. The zero-order valence-corrected chi connectivity index (χ0v) is 13.1. The Morgan fingerprint density at radius 1 is 1.18 bits per heavy atom. The quantitative estimate of drug-likeness (QED) is 0.620. The lowest BCUT2D eigenvalue weighted by Gasteiger charge is -2.16. The molecule has 0 aliphatic heterocycles. The van der Waals surface area contributed by atoms with Gasteiger partial charge in [-0.15, -0.1) is 11.3 Å². The highest BCUT2D eigenvalue weighted by molar-refractivity contribution is 8.00. The van der Waals surface area contributed by atoms with Crippen molar-refractivity contribution in [1.29, 1.82) is 0 Å². The summed E-state index contributed by atoms with van der Waals surface area (Å²) in [6.45, 7) is 7.14. The van der Waals surface area contributed by atoms with Crippen molar-refractivity contribution < 1.29 is 0 Å². The average Bonchev–Trinajstić information content (AvgIpc) is 2.78. The van der Waals surface area contributed by atoms with Gasteiger partial charge in [-0.2, -0.15) is 0 Å². The molecule has 1 aromatic carbocycles. The molecule has 0 radical (unpaired) electrons. The minimum absolute atomic E-state index is 1.01. The summed E-state index contributed by atoms with van der Waals surface area (Å²) in [4.78, 5) is 4.28. The van der Waals surface area contributed by atoms with Gasteiger partial charge in [-0.1, -0.05) is 60.9 Å². The Kier molecular flexibility index (Phi) is 4.07. The van der Waals surface area contributed by atoms with Crippen molar-refractivity contribution in [3.05, 3.63) is 41.4 Å². The molecule has 4 heteroatoms. The first-order chi connectivity index (χ1) is 8.05. The Balaban J connectivity index is 1.99. The minimum atomic E-state index is -1.15. The molecule has 0 atom stereocenters. The molecule has 0 fully saturated rings. The van der Waals surface area contributed by atoms with E-state index in [9.17, 15) is 0 Å². The van der Waals surface area contributed by atoms with Gasteiger partial charge in [0.15, 0.2) is 0 Å². The normalized spacial score (nSPS) is 11.7. The molecule has 0 bridgehead atoms.